The molecule has 0 amide bonds. The topological polar surface area (TPSA) is 45.0 Å². The first-order valence-electron chi connectivity index (χ1n) is 5.10. The highest BCUT2D eigenvalue weighted by Gasteiger charge is 2.00. The second kappa shape index (κ2) is 6.99. The highest BCUT2D eigenvalue weighted by atomic mass is 16.5. The SMILES string of the molecule is CCOCc1ccccc1CNCC#N. The predicted molar refractivity (Wildman–Crippen MR) is 59.1 cm³/mol. The van der Waals surface area contributed by atoms with Gasteiger partial charge in [-0.1, -0.05) is 24.3 Å². The van der Waals surface area contributed by atoms with E-state index in [2.05, 4.69) is 23.5 Å². The van der Waals surface area contributed by atoms with Gasteiger partial charge in [0.2, 0.25) is 0 Å². The maximum atomic E-state index is 8.42. The van der Waals surface area contributed by atoms with E-state index in [1.165, 1.54) is 11.1 Å². The molecule has 1 aromatic carbocycles. The molecule has 0 aromatic heterocycles. The zero-order chi connectivity index (χ0) is 10.9. The van der Waals surface area contributed by atoms with Crippen LogP contribution < -0.4 is 5.32 Å². The van der Waals surface area contributed by atoms with E-state index in [9.17, 15) is 0 Å². The van der Waals surface area contributed by atoms with Crippen molar-refractivity contribution in [2.75, 3.05) is 13.2 Å². The van der Waals surface area contributed by atoms with Gasteiger partial charge in [0.15, 0.2) is 0 Å². The Kier molecular flexibility index (Phi) is 5.46. The standard InChI is InChI=1S/C12H16N2O/c1-2-15-10-12-6-4-3-5-11(12)9-14-8-7-13/h3-6,14H,2,8-10H2,1H3. The number of rotatable bonds is 6. The molecule has 1 N–H and O–H groups in total. The summed E-state index contributed by atoms with van der Waals surface area (Å²) in [6.07, 6.45) is 0. The molecule has 0 saturated carbocycles. The average molecular weight is 204 g/mol. The lowest BCUT2D eigenvalue weighted by atomic mass is 10.1. The van der Waals surface area contributed by atoms with Gasteiger partial charge < -0.3 is 10.1 Å². The van der Waals surface area contributed by atoms with Crippen LogP contribution in [0.5, 0.6) is 0 Å². The molecule has 15 heavy (non-hydrogen) atoms. The van der Waals surface area contributed by atoms with Crippen molar-refractivity contribution in [3.63, 3.8) is 0 Å². The number of hydrogen-bond donors (Lipinski definition) is 1. The van der Waals surface area contributed by atoms with Crippen molar-refractivity contribution in [1.29, 1.82) is 5.26 Å². The highest BCUT2D eigenvalue weighted by molar-refractivity contribution is 5.26. The van der Waals surface area contributed by atoms with E-state index in [0.717, 1.165) is 13.2 Å². The molecule has 0 spiro atoms. The number of nitriles is 1. The van der Waals surface area contributed by atoms with E-state index in [0.29, 0.717) is 13.2 Å². The Morgan fingerprint density at radius 1 is 1.33 bits per heavy atom. The highest BCUT2D eigenvalue weighted by Crippen LogP contribution is 2.09. The first-order valence-corrected chi connectivity index (χ1v) is 5.10. The van der Waals surface area contributed by atoms with Crippen molar-refractivity contribution in [2.45, 2.75) is 20.1 Å². The fraction of sp³-hybridized carbons (Fsp3) is 0.417. The number of benzene rings is 1. The Hall–Kier alpha value is -1.37. The van der Waals surface area contributed by atoms with Crippen LogP contribution in [-0.4, -0.2) is 13.2 Å². The molecule has 0 atom stereocenters. The third kappa shape index (κ3) is 4.11. The molecule has 0 radical (unpaired) electrons. The first kappa shape index (κ1) is 11.7. The first-order chi connectivity index (χ1) is 7.38. The van der Waals surface area contributed by atoms with Crippen LogP contribution in [0.4, 0.5) is 0 Å². The Morgan fingerprint density at radius 2 is 2.07 bits per heavy atom. The smallest absolute Gasteiger partial charge is 0.0843 e. The van der Waals surface area contributed by atoms with Gasteiger partial charge in [-0.05, 0) is 18.1 Å². The lowest BCUT2D eigenvalue weighted by Crippen LogP contribution is -2.14. The van der Waals surface area contributed by atoms with Gasteiger partial charge in [0.05, 0.1) is 19.2 Å². The summed E-state index contributed by atoms with van der Waals surface area (Å²) in [6, 6.07) is 10.2. The maximum absolute atomic E-state index is 8.42. The van der Waals surface area contributed by atoms with E-state index in [1.54, 1.807) is 0 Å². The summed E-state index contributed by atoms with van der Waals surface area (Å²) in [7, 11) is 0. The monoisotopic (exact) mass is 204 g/mol. The van der Waals surface area contributed by atoms with Gasteiger partial charge in [0.1, 0.15) is 0 Å². The Balaban J connectivity index is 2.56. The van der Waals surface area contributed by atoms with Crippen LogP contribution in [0.3, 0.4) is 0 Å². The summed E-state index contributed by atoms with van der Waals surface area (Å²) in [5.41, 5.74) is 2.38. The minimum absolute atomic E-state index is 0.378. The van der Waals surface area contributed by atoms with Gasteiger partial charge in [0.25, 0.3) is 0 Å². The molecule has 80 valence electrons. The zero-order valence-electron chi connectivity index (χ0n) is 8.99. The molecule has 0 aliphatic rings. The van der Waals surface area contributed by atoms with Crippen molar-refractivity contribution < 1.29 is 4.74 Å². The minimum atomic E-state index is 0.378. The quantitative estimate of drug-likeness (QED) is 0.568. The van der Waals surface area contributed by atoms with Crippen molar-refractivity contribution in [3.8, 4) is 6.07 Å². The molecule has 3 nitrogen and oxygen atoms in total. The van der Waals surface area contributed by atoms with Gasteiger partial charge >= 0.3 is 0 Å². The molecular weight excluding hydrogens is 188 g/mol. The van der Waals surface area contributed by atoms with E-state index >= 15 is 0 Å². The molecule has 1 aromatic rings. The Morgan fingerprint density at radius 3 is 2.73 bits per heavy atom. The van der Waals surface area contributed by atoms with Crippen molar-refractivity contribution >= 4 is 0 Å². The largest absolute Gasteiger partial charge is 0.377 e. The molecule has 0 saturated heterocycles. The number of nitrogens with zero attached hydrogens (tertiary/aromatic N) is 1. The molecule has 0 heterocycles. The fourth-order valence-corrected chi connectivity index (χ4v) is 1.34. The lowest BCUT2D eigenvalue weighted by Gasteiger charge is -2.09. The average Bonchev–Trinajstić information content (AvgIpc) is 2.28. The summed E-state index contributed by atoms with van der Waals surface area (Å²) in [5.74, 6) is 0. The third-order valence-electron chi connectivity index (χ3n) is 2.10. The van der Waals surface area contributed by atoms with Crippen molar-refractivity contribution in [2.24, 2.45) is 0 Å². The maximum Gasteiger partial charge on any atom is 0.0843 e. The van der Waals surface area contributed by atoms with Crippen LogP contribution in [0, 0.1) is 11.3 Å². The molecule has 0 aliphatic carbocycles. The predicted octanol–water partition coefficient (Wildman–Crippen LogP) is 1.84. The lowest BCUT2D eigenvalue weighted by molar-refractivity contribution is 0.133. The van der Waals surface area contributed by atoms with Crippen LogP contribution in [-0.2, 0) is 17.9 Å². The molecule has 0 bridgehead atoms. The summed E-state index contributed by atoms with van der Waals surface area (Å²) in [6.45, 7) is 4.44. The molecule has 3 heteroatoms. The summed E-state index contributed by atoms with van der Waals surface area (Å²) >= 11 is 0. The van der Waals surface area contributed by atoms with E-state index in [4.69, 9.17) is 10.00 Å². The summed E-state index contributed by atoms with van der Waals surface area (Å²) < 4.78 is 5.37. The van der Waals surface area contributed by atoms with Gasteiger partial charge in [-0.2, -0.15) is 5.26 Å². The summed E-state index contributed by atoms with van der Waals surface area (Å²) in [5, 5.41) is 11.5. The van der Waals surface area contributed by atoms with Crippen LogP contribution >= 0.6 is 0 Å². The molecule has 1 rings (SSSR count). The van der Waals surface area contributed by atoms with Gasteiger partial charge in [-0.15, -0.1) is 0 Å². The normalized spacial score (nSPS) is 9.87. The van der Waals surface area contributed by atoms with Crippen LogP contribution in [0.1, 0.15) is 18.1 Å². The van der Waals surface area contributed by atoms with Gasteiger partial charge in [-0.25, -0.2) is 0 Å². The number of ether oxygens (including phenoxy) is 1. The second-order valence-corrected chi connectivity index (χ2v) is 3.17. The molecule has 0 unspecified atom stereocenters. The Bertz CT molecular complexity index is 331. The second-order valence-electron chi connectivity index (χ2n) is 3.17. The van der Waals surface area contributed by atoms with Crippen molar-refractivity contribution in [3.05, 3.63) is 35.4 Å². The van der Waals surface area contributed by atoms with Crippen molar-refractivity contribution in [1.82, 2.24) is 5.32 Å². The Labute approximate surface area is 90.7 Å². The van der Waals surface area contributed by atoms with E-state index in [1.807, 2.05) is 19.1 Å². The van der Waals surface area contributed by atoms with Gasteiger partial charge in [0, 0.05) is 13.2 Å². The van der Waals surface area contributed by atoms with Crippen LogP contribution in [0.15, 0.2) is 24.3 Å². The van der Waals surface area contributed by atoms with Gasteiger partial charge in [-0.3, -0.25) is 0 Å². The molecular formula is C12H16N2O. The summed E-state index contributed by atoms with van der Waals surface area (Å²) in [4.78, 5) is 0. The zero-order valence-corrected chi connectivity index (χ0v) is 8.99. The fourth-order valence-electron chi connectivity index (χ4n) is 1.34. The minimum Gasteiger partial charge on any atom is -0.377 e. The third-order valence-corrected chi connectivity index (χ3v) is 2.10. The number of nitrogens with one attached hydrogen (secondary N) is 1. The van der Waals surface area contributed by atoms with Crippen LogP contribution in [0.25, 0.3) is 0 Å². The molecule has 0 fully saturated rings. The van der Waals surface area contributed by atoms with E-state index in [-0.39, 0.29) is 0 Å². The molecule has 0 aliphatic heterocycles. The van der Waals surface area contributed by atoms with E-state index < -0.39 is 0 Å². The van der Waals surface area contributed by atoms with Crippen LogP contribution in [0.2, 0.25) is 0 Å². The number of hydrogen-bond acceptors (Lipinski definition) is 3.